The van der Waals surface area contributed by atoms with Crippen LogP contribution in [0.5, 0.6) is 0 Å². The molecule has 0 spiro atoms. The average molecular weight is 344 g/mol. The lowest BCUT2D eigenvalue weighted by Gasteiger charge is -2.42. The van der Waals surface area contributed by atoms with Gasteiger partial charge in [0.25, 0.3) is 10.1 Å². The lowest BCUT2D eigenvalue weighted by molar-refractivity contribution is -0.307. The first kappa shape index (κ1) is 18.4. The van der Waals surface area contributed by atoms with Crippen LogP contribution in [0.2, 0.25) is 0 Å². The fourth-order valence-corrected chi connectivity index (χ4v) is 3.08. The molecule has 0 aliphatic carbocycles. The molecule has 0 amide bonds. The highest BCUT2D eigenvalue weighted by Crippen LogP contribution is 2.28. The SMILES string of the molecule is COC1(CCOS(=O)(=O)c2ccc(C)cc2)COC(C)(C)OC1. The van der Waals surface area contributed by atoms with Crippen LogP contribution in [-0.2, 0) is 28.5 Å². The molecule has 0 saturated carbocycles. The summed E-state index contributed by atoms with van der Waals surface area (Å²) in [5.41, 5.74) is 0.291. The molecule has 6 nitrogen and oxygen atoms in total. The Morgan fingerprint density at radius 1 is 1.13 bits per heavy atom. The van der Waals surface area contributed by atoms with Gasteiger partial charge in [-0.25, -0.2) is 0 Å². The molecule has 0 bridgehead atoms. The summed E-state index contributed by atoms with van der Waals surface area (Å²) in [6.45, 7) is 6.19. The molecule has 1 fully saturated rings. The van der Waals surface area contributed by atoms with Crippen molar-refractivity contribution in [1.29, 1.82) is 0 Å². The molecule has 1 saturated heterocycles. The van der Waals surface area contributed by atoms with E-state index in [9.17, 15) is 8.42 Å². The van der Waals surface area contributed by atoms with Crippen LogP contribution >= 0.6 is 0 Å². The highest BCUT2D eigenvalue weighted by atomic mass is 32.2. The van der Waals surface area contributed by atoms with Crippen molar-refractivity contribution < 1.29 is 26.8 Å². The normalized spacial score (nSPS) is 20.3. The van der Waals surface area contributed by atoms with Crippen LogP contribution in [0.3, 0.4) is 0 Å². The van der Waals surface area contributed by atoms with Crippen molar-refractivity contribution in [3.05, 3.63) is 29.8 Å². The summed E-state index contributed by atoms with van der Waals surface area (Å²) in [6.07, 6.45) is 0.352. The molecule has 23 heavy (non-hydrogen) atoms. The average Bonchev–Trinajstić information content (AvgIpc) is 2.50. The molecule has 0 unspecified atom stereocenters. The molecule has 1 aliphatic rings. The molecule has 0 N–H and O–H groups in total. The summed E-state index contributed by atoms with van der Waals surface area (Å²) in [5.74, 6) is -0.656. The van der Waals surface area contributed by atoms with Crippen molar-refractivity contribution in [3.8, 4) is 0 Å². The van der Waals surface area contributed by atoms with E-state index in [-0.39, 0.29) is 11.5 Å². The van der Waals surface area contributed by atoms with Crippen LogP contribution in [0.1, 0.15) is 25.8 Å². The zero-order valence-corrected chi connectivity index (χ0v) is 14.8. The number of hydrogen-bond donors (Lipinski definition) is 0. The Morgan fingerprint density at radius 2 is 1.70 bits per heavy atom. The molecule has 0 atom stereocenters. The maximum atomic E-state index is 12.2. The van der Waals surface area contributed by atoms with Gasteiger partial charge in [-0.3, -0.25) is 4.18 Å². The van der Waals surface area contributed by atoms with Gasteiger partial charge in [-0.1, -0.05) is 17.7 Å². The van der Waals surface area contributed by atoms with Crippen molar-refractivity contribution >= 4 is 10.1 Å². The monoisotopic (exact) mass is 344 g/mol. The van der Waals surface area contributed by atoms with Crippen LogP contribution in [-0.4, -0.2) is 46.7 Å². The third kappa shape index (κ3) is 4.74. The number of hydrogen-bond acceptors (Lipinski definition) is 6. The smallest absolute Gasteiger partial charge is 0.296 e. The van der Waals surface area contributed by atoms with Gasteiger partial charge in [-0.05, 0) is 32.9 Å². The zero-order valence-electron chi connectivity index (χ0n) is 14.0. The molecule has 130 valence electrons. The molecule has 7 heteroatoms. The quantitative estimate of drug-likeness (QED) is 0.737. The summed E-state index contributed by atoms with van der Waals surface area (Å²) in [4.78, 5) is 0.145. The van der Waals surface area contributed by atoms with Crippen molar-refractivity contribution in [2.45, 2.75) is 43.5 Å². The Hall–Kier alpha value is -0.990. The van der Waals surface area contributed by atoms with E-state index in [0.29, 0.717) is 19.6 Å². The molecule has 1 heterocycles. The van der Waals surface area contributed by atoms with E-state index >= 15 is 0 Å². The Balaban J connectivity index is 1.94. The maximum absolute atomic E-state index is 12.2. The van der Waals surface area contributed by atoms with Crippen LogP contribution in [0.25, 0.3) is 0 Å². The number of methoxy groups -OCH3 is 1. The fraction of sp³-hybridized carbons (Fsp3) is 0.625. The second kappa shape index (κ2) is 6.86. The summed E-state index contributed by atoms with van der Waals surface area (Å²) in [7, 11) is -2.22. The van der Waals surface area contributed by atoms with Crippen molar-refractivity contribution in [3.63, 3.8) is 0 Å². The van der Waals surface area contributed by atoms with Crippen molar-refractivity contribution in [2.24, 2.45) is 0 Å². The van der Waals surface area contributed by atoms with Crippen LogP contribution in [0, 0.1) is 6.92 Å². The van der Waals surface area contributed by atoms with E-state index in [2.05, 4.69) is 0 Å². The highest BCUT2D eigenvalue weighted by molar-refractivity contribution is 7.86. The first-order valence-corrected chi connectivity index (χ1v) is 8.88. The van der Waals surface area contributed by atoms with Gasteiger partial charge in [0.1, 0.15) is 5.60 Å². The third-order valence-corrected chi connectivity index (χ3v) is 5.23. The minimum atomic E-state index is -3.77. The third-order valence-electron chi connectivity index (χ3n) is 3.90. The van der Waals surface area contributed by atoms with E-state index < -0.39 is 21.5 Å². The van der Waals surface area contributed by atoms with Crippen molar-refractivity contribution in [2.75, 3.05) is 26.9 Å². The van der Waals surface area contributed by atoms with E-state index in [1.165, 1.54) is 12.1 Å². The number of benzene rings is 1. The Morgan fingerprint density at radius 3 is 2.22 bits per heavy atom. The number of ether oxygens (including phenoxy) is 3. The summed E-state index contributed by atoms with van der Waals surface area (Å²) in [5, 5.41) is 0. The van der Waals surface area contributed by atoms with Crippen molar-refractivity contribution in [1.82, 2.24) is 0 Å². The molecular weight excluding hydrogens is 320 g/mol. The van der Waals surface area contributed by atoms with Gasteiger partial charge >= 0.3 is 0 Å². The van der Waals surface area contributed by atoms with Gasteiger partial charge in [0.05, 0.1) is 24.7 Å². The van der Waals surface area contributed by atoms with E-state index in [1.54, 1.807) is 19.2 Å². The van der Waals surface area contributed by atoms with E-state index in [4.69, 9.17) is 18.4 Å². The zero-order chi connectivity index (χ0) is 17.1. The topological polar surface area (TPSA) is 71.1 Å². The Labute approximate surface area is 137 Å². The van der Waals surface area contributed by atoms with Crippen LogP contribution < -0.4 is 0 Å². The lowest BCUT2D eigenvalue weighted by Crippen LogP contribution is -2.52. The predicted octanol–water partition coefficient (Wildman–Crippen LogP) is 2.26. The van der Waals surface area contributed by atoms with Gasteiger partial charge < -0.3 is 14.2 Å². The number of rotatable bonds is 6. The van der Waals surface area contributed by atoms with Gasteiger partial charge in [-0.2, -0.15) is 8.42 Å². The number of aryl methyl sites for hydroxylation is 1. The minimum Gasteiger partial charge on any atom is -0.373 e. The fourth-order valence-electron chi connectivity index (χ4n) is 2.17. The molecule has 1 aliphatic heterocycles. The second-order valence-corrected chi connectivity index (χ2v) is 7.82. The van der Waals surface area contributed by atoms with Gasteiger partial charge in [0.15, 0.2) is 5.79 Å². The van der Waals surface area contributed by atoms with E-state index in [0.717, 1.165) is 5.56 Å². The maximum Gasteiger partial charge on any atom is 0.296 e. The first-order chi connectivity index (χ1) is 10.7. The molecule has 2 rings (SSSR count). The van der Waals surface area contributed by atoms with Crippen LogP contribution in [0.15, 0.2) is 29.2 Å². The summed E-state index contributed by atoms with van der Waals surface area (Å²) in [6, 6.07) is 6.54. The largest absolute Gasteiger partial charge is 0.373 e. The van der Waals surface area contributed by atoms with Gasteiger partial charge in [0, 0.05) is 13.5 Å². The standard InChI is InChI=1S/C16H24O6S/c1-13-5-7-14(8-6-13)23(17,18)22-10-9-16(19-4)11-20-15(2,3)21-12-16/h5-8H,9-12H2,1-4H3. The second-order valence-electron chi connectivity index (χ2n) is 6.20. The first-order valence-electron chi connectivity index (χ1n) is 7.47. The van der Waals surface area contributed by atoms with Gasteiger partial charge in [-0.15, -0.1) is 0 Å². The molecule has 1 aromatic rings. The summed E-state index contributed by atoms with van der Waals surface area (Å²) < 4.78 is 46.1. The molecule has 0 radical (unpaired) electrons. The molecule has 0 aromatic heterocycles. The van der Waals surface area contributed by atoms with E-state index in [1.807, 2.05) is 20.8 Å². The van der Waals surface area contributed by atoms with Gasteiger partial charge in [0.2, 0.25) is 0 Å². The van der Waals surface area contributed by atoms with Crippen LogP contribution in [0.4, 0.5) is 0 Å². The highest BCUT2D eigenvalue weighted by Gasteiger charge is 2.40. The summed E-state index contributed by atoms with van der Waals surface area (Å²) >= 11 is 0. The molecule has 1 aromatic carbocycles. The minimum absolute atomic E-state index is 0.00278. The Kier molecular flexibility index (Phi) is 5.48. The molecular formula is C16H24O6S. The Bertz CT molecular complexity index is 610. The lowest BCUT2D eigenvalue weighted by atomic mass is 10.0. The predicted molar refractivity (Wildman–Crippen MR) is 84.7 cm³/mol.